The number of fused-ring (bicyclic) bond motifs is 2. The molecule has 0 aliphatic heterocycles. The SMILES string of the molecule is COc1cc(-c2ccc(NN=C3C(=O)c4c(O)cc(S(=O)(=O)O)cc4C=C3S(=O)(=O)O)cc2)ccc1NN=C1C(=O)c2c(O)cc(S(=O)(=O)O)cc2C=C1S(=O)(=O)O. The summed E-state index contributed by atoms with van der Waals surface area (Å²) in [6.45, 7) is 0. The predicted molar refractivity (Wildman–Crippen MR) is 204 cm³/mol. The minimum atomic E-state index is -5.18. The maximum absolute atomic E-state index is 13.3. The zero-order valence-corrected chi connectivity index (χ0v) is 32.0. The molecule has 0 bridgehead atoms. The summed E-state index contributed by atoms with van der Waals surface area (Å²) in [5, 5.41) is 28.4. The number of nitrogens with one attached hydrogen (secondary N) is 2. The molecule has 0 spiro atoms. The molecule has 2 aliphatic carbocycles. The van der Waals surface area contributed by atoms with Gasteiger partial charge in [0.05, 0.1) is 39.4 Å². The number of benzene rings is 4. The van der Waals surface area contributed by atoms with E-state index in [4.69, 9.17) is 4.74 Å². The molecule has 2 aliphatic rings. The first-order valence-corrected chi connectivity index (χ1v) is 21.3. The summed E-state index contributed by atoms with van der Waals surface area (Å²) in [6.07, 6.45) is 1.37. The number of ether oxygens (including phenoxy) is 1. The van der Waals surface area contributed by atoms with Crippen molar-refractivity contribution in [1.82, 2.24) is 0 Å². The van der Waals surface area contributed by atoms with Gasteiger partial charge in [0.25, 0.3) is 40.5 Å². The van der Waals surface area contributed by atoms with Gasteiger partial charge in [0, 0.05) is 12.1 Å². The third-order valence-corrected chi connectivity index (χ3v) is 11.7. The molecule has 0 fully saturated rings. The van der Waals surface area contributed by atoms with Crippen molar-refractivity contribution in [2.75, 3.05) is 18.0 Å². The molecule has 302 valence electrons. The molecule has 4 aromatic rings. The lowest BCUT2D eigenvalue weighted by Crippen LogP contribution is -2.27. The summed E-state index contributed by atoms with van der Waals surface area (Å²) in [4.78, 5) is 22.8. The van der Waals surface area contributed by atoms with Gasteiger partial charge in [0.2, 0.25) is 11.6 Å². The maximum atomic E-state index is 13.3. The fraction of sp³-hybridized carbons (Fsp3) is 0.0303. The third-order valence-electron chi connectivity index (χ3n) is 8.32. The maximum Gasteiger partial charge on any atom is 0.296 e. The van der Waals surface area contributed by atoms with Crippen LogP contribution in [0.3, 0.4) is 0 Å². The minimum Gasteiger partial charge on any atom is -0.507 e. The van der Waals surface area contributed by atoms with Crippen molar-refractivity contribution >= 4 is 87.0 Å². The first-order valence-electron chi connectivity index (χ1n) is 15.5. The smallest absolute Gasteiger partial charge is 0.296 e. The van der Waals surface area contributed by atoms with Crippen LogP contribution in [0.15, 0.2) is 96.5 Å². The monoisotopic (exact) mass is 876 g/mol. The van der Waals surface area contributed by atoms with E-state index >= 15 is 0 Å². The van der Waals surface area contributed by atoms with Gasteiger partial charge in [-0.1, -0.05) is 18.2 Å². The Morgan fingerprint density at radius 2 is 0.983 bits per heavy atom. The average molecular weight is 877 g/mol. The molecule has 0 radical (unpaired) electrons. The topological polar surface area (TPSA) is 350 Å². The molecule has 25 heteroatoms. The van der Waals surface area contributed by atoms with Gasteiger partial charge in [0.15, 0.2) is 11.4 Å². The second-order valence-corrected chi connectivity index (χ2v) is 17.6. The highest BCUT2D eigenvalue weighted by molar-refractivity contribution is 7.91. The molecule has 0 aromatic heterocycles. The van der Waals surface area contributed by atoms with Crippen LogP contribution >= 0.6 is 0 Å². The zero-order valence-electron chi connectivity index (χ0n) is 28.7. The highest BCUT2D eigenvalue weighted by Crippen LogP contribution is 2.37. The number of rotatable bonds is 10. The normalized spacial score (nSPS) is 16.0. The molecular formula is C33H24N4O17S4. The Morgan fingerprint density at radius 3 is 1.40 bits per heavy atom. The lowest BCUT2D eigenvalue weighted by molar-refractivity contribution is 0.105. The number of nitrogens with zero attached hydrogens (tertiary/aromatic N) is 2. The standard InChI is InChI=1S/C33H24N4O17S4/c1-54-25-10-16(4-7-22(25)35-37-31-27(58(51,52)53)12-18-9-21(56(45,46)47)14-24(39)29(18)33(31)41)15-2-5-19(6-3-15)34-36-30-26(57(48,49)50)11-17-8-20(55(42,43)44)13-23(38)28(17)32(30)40/h2-14,34-35,38-39H,1H3,(H,42,43,44)(H,45,46,47)(H,48,49,50)(H,51,52,53). The highest BCUT2D eigenvalue weighted by Gasteiger charge is 2.37. The van der Waals surface area contributed by atoms with E-state index in [1.54, 1.807) is 12.1 Å². The van der Waals surface area contributed by atoms with Crippen LogP contribution in [-0.4, -0.2) is 92.2 Å². The van der Waals surface area contributed by atoms with Crippen LogP contribution in [0.5, 0.6) is 17.2 Å². The number of hydrogen-bond acceptors (Lipinski definition) is 17. The van der Waals surface area contributed by atoms with Gasteiger partial charge in [0.1, 0.15) is 27.1 Å². The van der Waals surface area contributed by atoms with Gasteiger partial charge >= 0.3 is 0 Å². The quantitative estimate of drug-likeness (QED) is 0.0838. The van der Waals surface area contributed by atoms with Crippen molar-refractivity contribution in [3.05, 3.63) is 98.8 Å². The zero-order chi connectivity index (χ0) is 42.7. The van der Waals surface area contributed by atoms with Crippen molar-refractivity contribution in [3.8, 4) is 28.4 Å². The highest BCUT2D eigenvalue weighted by atomic mass is 32.2. The molecule has 4 aromatic carbocycles. The van der Waals surface area contributed by atoms with Gasteiger partial charge < -0.3 is 14.9 Å². The van der Waals surface area contributed by atoms with Crippen LogP contribution in [0.1, 0.15) is 31.8 Å². The van der Waals surface area contributed by atoms with Gasteiger partial charge in [-0.2, -0.15) is 43.9 Å². The van der Waals surface area contributed by atoms with Crippen LogP contribution in [-0.2, 0) is 40.5 Å². The summed E-state index contributed by atoms with van der Waals surface area (Å²) >= 11 is 0. The summed E-state index contributed by atoms with van der Waals surface area (Å²) in [7, 11) is -18.8. The van der Waals surface area contributed by atoms with E-state index in [1.165, 1.54) is 37.4 Å². The second-order valence-electron chi connectivity index (χ2n) is 12.0. The first kappa shape index (κ1) is 41.3. The number of aromatic hydroxyl groups is 2. The van der Waals surface area contributed by atoms with E-state index in [-0.39, 0.29) is 17.1 Å². The Bertz CT molecular complexity index is 3080. The lowest BCUT2D eigenvalue weighted by atomic mass is 9.94. The van der Waals surface area contributed by atoms with Gasteiger partial charge in [-0.25, -0.2) is 0 Å². The molecule has 0 amide bonds. The lowest BCUT2D eigenvalue weighted by Gasteiger charge is -2.18. The minimum absolute atomic E-state index is 0.0637. The van der Waals surface area contributed by atoms with Crippen molar-refractivity contribution in [2.45, 2.75) is 9.79 Å². The largest absolute Gasteiger partial charge is 0.507 e. The number of carbonyl (C=O) groups excluding carboxylic acids is 2. The number of hydrogen-bond donors (Lipinski definition) is 8. The number of phenolic OH excluding ortho intramolecular Hbond substituents is 2. The van der Waals surface area contributed by atoms with Crippen LogP contribution in [0.4, 0.5) is 11.4 Å². The number of Topliss-reactive ketones (excluding diaryl/α,β-unsaturated/α-hetero) is 2. The molecule has 58 heavy (non-hydrogen) atoms. The van der Waals surface area contributed by atoms with Gasteiger partial charge in [-0.15, -0.1) is 0 Å². The second kappa shape index (κ2) is 14.6. The van der Waals surface area contributed by atoms with E-state index in [1.807, 2.05) is 0 Å². The van der Waals surface area contributed by atoms with Crippen LogP contribution in [0.25, 0.3) is 23.3 Å². The van der Waals surface area contributed by atoms with Crippen LogP contribution < -0.4 is 15.6 Å². The fourth-order valence-electron chi connectivity index (χ4n) is 5.69. The molecule has 0 saturated heterocycles. The third kappa shape index (κ3) is 8.08. The van der Waals surface area contributed by atoms with Crippen LogP contribution in [0.2, 0.25) is 0 Å². The molecule has 6 rings (SSSR count). The molecule has 0 heterocycles. The molecule has 0 unspecified atom stereocenters. The van der Waals surface area contributed by atoms with Crippen LogP contribution in [0, 0.1) is 0 Å². The van der Waals surface area contributed by atoms with E-state index in [0.717, 1.165) is 6.07 Å². The Labute approximate surface area is 327 Å². The fourth-order valence-corrected chi connectivity index (χ4v) is 8.08. The summed E-state index contributed by atoms with van der Waals surface area (Å²) in [6, 6.07) is 13.0. The van der Waals surface area contributed by atoms with E-state index in [0.29, 0.717) is 41.5 Å². The van der Waals surface area contributed by atoms with E-state index in [2.05, 4.69) is 21.1 Å². The van der Waals surface area contributed by atoms with Crippen molar-refractivity contribution in [1.29, 1.82) is 0 Å². The molecule has 0 saturated carbocycles. The Balaban J connectivity index is 1.26. The molecule has 8 N–H and O–H groups in total. The summed E-state index contributed by atoms with van der Waals surface area (Å²) in [5.74, 6) is -4.22. The number of methoxy groups -OCH3 is 1. The van der Waals surface area contributed by atoms with Gasteiger partial charge in [-0.05, 0) is 70.8 Å². The van der Waals surface area contributed by atoms with Crippen molar-refractivity contribution < 1.29 is 76.4 Å². The van der Waals surface area contributed by atoms with Crippen molar-refractivity contribution in [2.24, 2.45) is 10.2 Å². The van der Waals surface area contributed by atoms with E-state index < -0.39 is 117 Å². The summed E-state index contributed by atoms with van der Waals surface area (Å²) < 4.78 is 139. The number of phenols is 2. The average Bonchev–Trinajstić information content (AvgIpc) is 3.12. The number of anilines is 2. The number of ketones is 2. The molecule has 0 atom stereocenters. The Morgan fingerprint density at radius 1 is 0.552 bits per heavy atom. The van der Waals surface area contributed by atoms with Gasteiger partial charge in [-0.3, -0.25) is 38.7 Å². The first-order chi connectivity index (χ1) is 26.9. The molecule has 21 nitrogen and oxygen atoms in total. The summed E-state index contributed by atoms with van der Waals surface area (Å²) in [5.41, 5.74) is 2.41. The Hall–Kier alpha value is -6.32. The number of carbonyl (C=O) groups is 2. The van der Waals surface area contributed by atoms with Crippen molar-refractivity contribution in [3.63, 3.8) is 0 Å². The molecular weight excluding hydrogens is 853 g/mol. The van der Waals surface area contributed by atoms with E-state index in [9.17, 15) is 71.7 Å². The number of hydrazone groups is 2. The predicted octanol–water partition coefficient (Wildman–Crippen LogP) is 3.05. The Kier molecular flexibility index (Phi) is 10.4. The number of allylic oxidation sites excluding steroid dienone is 2.